The molecule has 8 heteroatoms. The molecule has 0 radical (unpaired) electrons. The molecular formula is C9H12N6O2. The monoisotopic (exact) mass is 236 g/mol. The first-order valence-corrected chi connectivity index (χ1v) is 5.00. The van der Waals surface area contributed by atoms with E-state index < -0.39 is 0 Å². The number of amides is 1. The van der Waals surface area contributed by atoms with Gasteiger partial charge in [-0.3, -0.25) is 4.79 Å². The maximum atomic E-state index is 11.8. The first-order valence-electron chi connectivity index (χ1n) is 5.00. The van der Waals surface area contributed by atoms with E-state index >= 15 is 0 Å². The molecule has 1 amide bonds. The summed E-state index contributed by atoms with van der Waals surface area (Å²) >= 11 is 0. The molecular weight excluding hydrogens is 224 g/mol. The van der Waals surface area contributed by atoms with E-state index in [2.05, 4.69) is 25.8 Å². The summed E-state index contributed by atoms with van der Waals surface area (Å²) in [4.78, 5) is 13.3. The molecule has 1 N–H and O–H groups in total. The predicted octanol–water partition coefficient (Wildman–Crippen LogP) is 0.0767. The SMILES string of the molecule is Cc1noc(C)c1CN(C)C(=O)c1nn[nH]n1. The van der Waals surface area contributed by atoms with Crippen molar-refractivity contribution in [2.75, 3.05) is 7.05 Å². The summed E-state index contributed by atoms with van der Waals surface area (Å²) in [6.07, 6.45) is 0. The lowest BCUT2D eigenvalue weighted by molar-refractivity contribution is 0.0772. The first-order chi connectivity index (χ1) is 8.09. The highest BCUT2D eigenvalue weighted by Gasteiger charge is 2.19. The third-order valence-corrected chi connectivity index (χ3v) is 2.46. The lowest BCUT2D eigenvalue weighted by Gasteiger charge is -2.14. The maximum Gasteiger partial charge on any atom is 0.295 e. The fraction of sp³-hybridized carbons (Fsp3) is 0.444. The van der Waals surface area contributed by atoms with Crippen LogP contribution in [0.2, 0.25) is 0 Å². The number of aromatic nitrogens is 5. The van der Waals surface area contributed by atoms with Gasteiger partial charge in [0.25, 0.3) is 11.7 Å². The Hall–Kier alpha value is -2.25. The molecule has 0 aliphatic rings. The zero-order chi connectivity index (χ0) is 12.4. The number of carbonyl (C=O) groups is 1. The smallest absolute Gasteiger partial charge is 0.295 e. The third-order valence-electron chi connectivity index (χ3n) is 2.46. The van der Waals surface area contributed by atoms with E-state index in [0.717, 1.165) is 11.3 Å². The molecule has 2 rings (SSSR count). The molecule has 0 aromatic carbocycles. The summed E-state index contributed by atoms with van der Waals surface area (Å²) in [5.74, 6) is 0.438. The Bertz CT molecular complexity index is 498. The summed E-state index contributed by atoms with van der Waals surface area (Å²) in [6, 6.07) is 0. The second-order valence-corrected chi connectivity index (χ2v) is 3.70. The van der Waals surface area contributed by atoms with Gasteiger partial charge in [-0.1, -0.05) is 5.16 Å². The molecule has 2 aromatic rings. The van der Waals surface area contributed by atoms with Gasteiger partial charge in [0.2, 0.25) is 0 Å². The van der Waals surface area contributed by atoms with Crippen LogP contribution in [0.4, 0.5) is 0 Å². The van der Waals surface area contributed by atoms with Crippen LogP contribution < -0.4 is 0 Å². The molecule has 2 heterocycles. The molecule has 0 fully saturated rings. The number of aromatic amines is 1. The number of tetrazole rings is 1. The maximum absolute atomic E-state index is 11.8. The van der Waals surface area contributed by atoms with Crippen molar-refractivity contribution in [1.82, 2.24) is 30.7 Å². The zero-order valence-electron chi connectivity index (χ0n) is 9.76. The van der Waals surface area contributed by atoms with Gasteiger partial charge in [-0.25, -0.2) is 0 Å². The van der Waals surface area contributed by atoms with E-state index in [1.54, 1.807) is 7.05 Å². The van der Waals surface area contributed by atoms with E-state index in [1.807, 2.05) is 13.8 Å². The van der Waals surface area contributed by atoms with Gasteiger partial charge in [-0.2, -0.15) is 5.21 Å². The van der Waals surface area contributed by atoms with Crippen molar-refractivity contribution in [1.29, 1.82) is 0 Å². The lowest BCUT2D eigenvalue weighted by atomic mass is 10.2. The van der Waals surface area contributed by atoms with Crippen LogP contribution in [0.1, 0.15) is 27.6 Å². The van der Waals surface area contributed by atoms with Crippen LogP contribution in [-0.4, -0.2) is 43.6 Å². The van der Waals surface area contributed by atoms with Crippen LogP contribution in [0.25, 0.3) is 0 Å². The van der Waals surface area contributed by atoms with Gasteiger partial charge < -0.3 is 9.42 Å². The van der Waals surface area contributed by atoms with Crippen molar-refractivity contribution in [3.05, 3.63) is 22.8 Å². The molecule has 0 spiro atoms. The van der Waals surface area contributed by atoms with Crippen LogP contribution in [0.5, 0.6) is 0 Å². The molecule has 2 aromatic heterocycles. The van der Waals surface area contributed by atoms with Crippen LogP contribution >= 0.6 is 0 Å². The van der Waals surface area contributed by atoms with Gasteiger partial charge in [0.05, 0.1) is 12.2 Å². The highest BCUT2D eigenvalue weighted by atomic mass is 16.5. The number of nitrogens with zero attached hydrogens (tertiary/aromatic N) is 5. The quantitative estimate of drug-likeness (QED) is 0.809. The van der Waals surface area contributed by atoms with Gasteiger partial charge >= 0.3 is 0 Å². The zero-order valence-corrected chi connectivity index (χ0v) is 9.76. The first kappa shape index (κ1) is 11.2. The highest BCUT2D eigenvalue weighted by Crippen LogP contribution is 2.14. The van der Waals surface area contributed by atoms with E-state index in [-0.39, 0.29) is 11.7 Å². The highest BCUT2D eigenvalue weighted by molar-refractivity contribution is 5.89. The standard InChI is InChI=1S/C9H12N6O2/c1-5-7(6(2)17-12-5)4-15(3)9(16)8-10-13-14-11-8/h4H2,1-3H3,(H,10,11,13,14). The van der Waals surface area contributed by atoms with Crippen LogP contribution in [0.15, 0.2) is 4.52 Å². The Morgan fingerprint density at radius 2 is 2.24 bits per heavy atom. The molecule has 90 valence electrons. The molecule has 0 saturated carbocycles. The Labute approximate surface area is 97.0 Å². The minimum atomic E-state index is -0.307. The second-order valence-electron chi connectivity index (χ2n) is 3.70. The minimum absolute atomic E-state index is 0.0410. The van der Waals surface area contributed by atoms with Crippen LogP contribution in [-0.2, 0) is 6.54 Å². The van der Waals surface area contributed by atoms with Gasteiger partial charge in [0.15, 0.2) is 0 Å². The summed E-state index contributed by atoms with van der Waals surface area (Å²) in [5.41, 5.74) is 1.67. The summed E-state index contributed by atoms with van der Waals surface area (Å²) < 4.78 is 5.03. The van der Waals surface area contributed by atoms with Crippen molar-refractivity contribution in [3.63, 3.8) is 0 Å². The number of hydrogen-bond acceptors (Lipinski definition) is 6. The molecule has 0 aliphatic carbocycles. The van der Waals surface area contributed by atoms with Crippen LogP contribution in [0, 0.1) is 13.8 Å². The summed E-state index contributed by atoms with van der Waals surface area (Å²) in [6.45, 7) is 4.04. The third kappa shape index (κ3) is 2.14. The van der Waals surface area contributed by atoms with E-state index in [9.17, 15) is 4.79 Å². The number of aryl methyl sites for hydroxylation is 2. The van der Waals surface area contributed by atoms with Crippen molar-refractivity contribution in [2.24, 2.45) is 0 Å². The Kier molecular flexibility index (Phi) is 2.86. The van der Waals surface area contributed by atoms with Gasteiger partial charge in [0, 0.05) is 12.6 Å². The van der Waals surface area contributed by atoms with E-state index in [4.69, 9.17) is 4.52 Å². The van der Waals surface area contributed by atoms with E-state index in [1.165, 1.54) is 4.90 Å². The number of carbonyl (C=O) groups excluding carboxylic acids is 1. The molecule has 17 heavy (non-hydrogen) atoms. The fourth-order valence-corrected chi connectivity index (χ4v) is 1.46. The number of nitrogens with one attached hydrogen (secondary N) is 1. The summed E-state index contributed by atoms with van der Waals surface area (Å²) in [7, 11) is 1.66. The molecule has 0 bridgehead atoms. The Balaban J connectivity index is 2.12. The minimum Gasteiger partial charge on any atom is -0.361 e. The average Bonchev–Trinajstić information content (AvgIpc) is 2.93. The van der Waals surface area contributed by atoms with Crippen molar-refractivity contribution >= 4 is 5.91 Å². The normalized spacial score (nSPS) is 10.5. The van der Waals surface area contributed by atoms with Gasteiger partial charge in [-0.15, -0.1) is 10.2 Å². The molecule has 0 aliphatic heterocycles. The number of hydrogen-bond donors (Lipinski definition) is 1. The van der Waals surface area contributed by atoms with Crippen molar-refractivity contribution in [2.45, 2.75) is 20.4 Å². The number of rotatable bonds is 3. The Morgan fingerprint density at radius 1 is 1.47 bits per heavy atom. The van der Waals surface area contributed by atoms with Gasteiger partial charge in [0.1, 0.15) is 5.76 Å². The Morgan fingerprint density at radius 3 is 2.76 bits per heavy atom. The predicted molar refractivity (Wildman–Crippen MR) is 56.0 cm³/mol. The fourth-order valence-electron chi connectivity index (χ4n) is 1.46. The largest absolute Gasteiger partial charge is 0.361 e. The van der Waals surface area contributed by atoms with Gasteiger partial charge in [-0.05, 0) is 19.1 Å². The number of H-pyrrole nitrogens is 1. The average molecular weight is 236 g/mol. The molecule has 0 atom stereocenters. The second kappa shape index (κ2) is 4.32. The van der Waals surface area contributed by atoms with Crippen LogP contribution in [0.3, 0.4) is 0 Å². The lowest BCUT2D eigenvalue weighted by Crippen LogP contribution is -2.27. The van der Waals surface area contributed by atoms with Crippen molar-refractivity contribution in [3.8, 4) is 0 Å². The molecule has 0 saturated heterocycles. The summed E-state index contributed by atoms with van der Waals surface area (Å²) in [5, 5.41) is 16.7. The van der Waals surface area contributed by atoms with E-state index in [0.29, 0.717) is 12.3 Å². The van der Waals surface area contributed by atoms with Crippen molar-refractivity contribution < 1.29 is 9.32 Å². The molecule has 0 unspecified atom stereocenters. The topological polar surface area (TPSA) is 101 Å². The molecule has 8 nitrogen and oxygen atoms in total.